The normalized spacial score (nSPS) is 31.0. The van der Waals surface area contributed by atoms with Crippen molar-refractivity contribution in [3.8, 4) is 0 Å². The summed E-state index contributed by atoms with van der Waals surface area (Å²) >= 11 is 0. The smallest absolute Gasteiger partial charge is 0.0695 e. The van der Waals surface area contributed by atoms with Gasteiger partial charge < -0.3 is 4.74 Å². The van der Waals surface area contributed by atoms with E-state index in [1.165, 1.54) is 25.7 Å². The average Bonchev–Trinajstić information content (AvgIpc) is 2.06. The monoisotopic (exact) mass is 185 g/mol. The van der Waals surface area contributed by atoms with Crippen molar-refractivity contribution in [3.63, 3.8) is 0 Å². The van der Waals surface area contributed by atoms with Gasteiger partial charge in [0.1, 0.15) is 0 Å². The van der Waals surface area contributed by atoms with Crippen LogP contribution in [-0.4, -0.2) is 20.6 Å². The Bertz CT molecular complexity index is 122. The fourth-order valence-corrected chi connectivity index (χ4v) is 4.13. The lowest BCUT2D eigenvalue weighted by molar-refractivity contribution is -0.0272. The van der Waals surface area contributed by atoms with E-state index in [1.807, 2.05) is 0 Å². The molecular weight excluding hydrogens is 164 g/mol. The van der Waals surface area contributed by atoms with Crippen molar-refractivity contribution in [2.45, 2.75) is 50.4 Å². The Hall–Kier alpha value is 0.177. The van der Waals surface area contributed by atoms with E-state index < -0.39 is 8.80 Å². The van der Waals surface area contributed by atoms with E-state index >= 15 is 0 Å². The maximum atomic E-state index is 5.99. The lowest BCUT2D eigenvalue weighted by Crippen LogP contribution is -2.47. The van der Waals surface area contributed by atoms with Crippen LogP contribution in [-0.2, 0) is 4.74 Å². The number of ether oxygens (including phenoxy) is 1. The van der Waals surface area contributed by atoms with Crippen LogP contribution in [0.15, 0.2) is 0 Å². The first kappa shape index (κ1) is 10.3. The zero-order valence-corrected chi connectivity index (χ0v) is 9.59. The molecule has 1 radical (unpaired) electrons. The molecule has 0 aromatic heterocycles. The topological polar surface area (TPSA) is 9.23 Å². The Balaban J connectivity index is 2.56. The number of rotatable bonds is 3. The van der Waals surface area contributed by atoms with Crippen LogP contribution in [0.1, 0.15) is 32.1 Å². The molecule has 1 heterocycles. The van der Waals surface area contributed by atoms with Crippen LogP contribution >= 0.6 is 0 Å². The predicted molar refractivity (Wildman–Crippen MR) is 56.0 cm³/mol. The summed E-state index contributed by atoms with van der Waals surface area (Å²) in [5.74, 6) is 0. The van der Waals surface area contributed by atoms with Crippen molar-refractivity contribution in [3.05, 3.63) is 6.92 Å². The Morgan fingerprint density at radius 2 is 2.17 bits per heavy atom. The summed E-state index contributed by atoms with van der Waals surface area (Å²) in [6, 6.07) is 0. The Labute approximate surface area is 78.1 Å². The summed E-state index contributed by atoms with van der Waals surface area (Å²) in [7, 11) is -0.668. The molecule has 0 N–H and O–H groups in total. The standard InChI is InChI=1S/C10H21OSi/c1-4-7-10(12(2)3)8-5-6-9-11-10/h12H,1,4-9H2,2-3H3. The lowest BCUT2D eigenvalue weighted by atomic mass is 10.0. The zero-order chi connectivity index (χ0) is 9.03. The molecule has 0 saturated carbocycles. The molecule has 1 aliphatic heterocycles. The highest BCUT2D eigenvalue weighted by atomic mass is 28.3. The fraction of sp³-hybridized carbons (Fsp3) is 0.900. The van der Waals surface area contributed by atoms with Gasteiger partial charge in [-0.15, -0.1) is 0 Å². The van der Waals surface area contributed by atoms with Crippen LogP contribution in [0.2, 0.25) is 13.1 Å². The molecule has 0 spiro atoms. The Morgan fingerprint density at radius 1 is 1.42 bits per heavy atom. The molecule has 0 aromatic rings. The van der Waals surface area contributed by atoms with Gasteiger partial charge in [0, 0.05) is 6.61 Å². The highest BCUT2D eigenvalue weighted by molar-refractivity contribution is 6.59. The van der Waals surface area contributed by atoms with E-state index in [2.05, 4.69) is 20.0 Å². The molecule has 1 nitrogen and oxygen atoms in total. The summed E-state index contributed by atoms with van der Waals surface area (Å²) < 4.78 is 5.99. The van der Waals surface area contributed by atoms with Gasteiger partial charge in [-0.3, -0.25) is 0 Å². The van der Waals surface area contributed by atoms with Gasteiger partial charge in [-0.25, -0.2) is 0 Å². The lowest BCUT2D eigenvalue weighted by Gasteiger charge is -2.40. The van der Waals surface area contributed by atoms with E-state index in [1.54, 1.807) is 0 Å². The van der Waals surface area contributed by atoms with Crippen LogP contribution in [0.3, 0.4) is 0 Å². The minimum absolute atomic E-state index is 0.306. The zero-order valence-electron chi connectivity index (χ0n) is 8.44. The van der Waals surface area contributed by atoms with Gasteiger partial charge >= 0.3 is 0 Å². The van der Waals surface area contributed by atoms with E-state index in [0.717, 1.165) is 13.0 Å². The van der Waals surface area contributed by atoms with Crippen LogP contribution < -0.4 is 0 Å². The molecule has 71 valence electrons. The quantitative estimate of drug-likeness (QED) is 0.614. The summed E-state index contributed by atoms with van der Waals surface area (Å²) in [4.78, 5) is 0. The Kier molecular flexibility index (Phi) is 3.78. The molecule has 1 aliphatic rings. The van der Waals surface area contributed by atoms with Gasteiger partial charge in [-0.2, -0.15) is 0 Å². The molecule has 0 amide bonds. The molecule has 1 fully saturated rings. The molecule has 0 bridgehead atoms. The van der Waals surface area contributed by atoms with Gasteiger partial charge in [0.2, 0.25) is 0 Å². The molecule has 1 atom stereocenters. The van der Waals surface area contributed by atoms with Crippen molar-refractivity contribution >= 4 is 8.80 Å². The first-order valence-electron chi connectivity index (χ1n) is 5.14. The third kappa shape index (κ3) is 2.11. The van der Waals surface area contributed by atoms with Crippen LogP contribution in [0.4, 0.5) is 0 Å². The second kappa shape index (κ2) is 4.42. The first-order valence-corrected chi connectivity index (χ1v) is 8.03. The third-order valence-corrected chi connectivity index (χ3v) is 5.88. The van der Waals surface area contributed by atoms with Gasteiger partial charge in [-0.1, -0.05) is 26.4 Å². The minimum Gasteiger partial charge on any atom is -0.379 e. The predicted octanol–water partition coefficient (Wildman–Crippen LogP) is 2.57. The molecule has 1 unspecified atom stereocenters. The molecule has 12 heavy (non-hydrogen) atoms. The Morgan fingerprint density at radius 3 is 2.58 bits per heavy atom. The molecule has 1 rings (SSSR count). The van der Waals surface area contributed by atoms with Gasteiger partial charge in [0.25, 0.3) is 0 Å². The molecular formula is C10H21OSi. The van der Waals surface area contributed by atoms with E-state index in [-0.39, 0.29) is 0 Å². The summed E-state index contributed by atoms with van der Waals surface area (Å²) in [5, 5.41) is 0.306. The second-order valence-corrected chi connectivity index (χ2v) is 7.49. The maximum absolute atomic E-state index is 5.99. The van der Waals surface area contributed by atoms with Crippen molar-refractivity contribution < 1.29 is 4.74 Å². The van der Waals surface area contributed by atoms with E-state index in [0.29, 0.717) is 5.22 Å². The summed E-state index contributed by atoms with van der Waals surface area (Å²) in [5.41, 5.74) is 0. The summed E-state index contributed by atoms with van der Waals surface area (Å²) in [6.45, 7) is 9.75. The molecule has 2 heteroatoms. The average molecular weight is 185 g/mol. The first-order chi connectivity index (χ1) is 5.71. The summed E-state index contributed by atoms with van der Waals surface area (Å²) in [6.07, 6.45) is 6.15. The molecule has 0 aromatic carbocycles. The minimum atomic E-state index is -0.668. The van der Waals surface area contributed by atoms with Crippen LogP contribution in [0.25, 0.3) is 0 Å². The number of hydrogen-bond acceptors (Lipinski definition) is 1. The van der Waals surface area contributed by atoms with E-state index in [9.17, 15) is 0 Å². The van der Waals surface area contributed by atoms with Crippen molar-refractivity contribution in [1.82, 2.24) is 0 Å². The van der Waals surface area contributed by atoms with Gasteiger partial charge in [0.05, 0.1) is 14.0 Å². The highest BCUT2D eigenvalue weighted by Crippen LogP contribution is 2.31. The maximum Gasteiger partial charge on any atom is 0.0695 e. The van der Waals surface area contributed by atoms with Gasteiger partial charge in [0.15, 0.2) is 0 Å². The highest BCUT2D eigenvalue weighted by Gasteiger charge is 2.35. The largest absolute Gasteiger partial charge is 0.379 e. The fourth-order valence-electron chi connectivity index (χ4n) is 2.11. The van der Waals surface area contributed by atoms with Crippen LogP contribution in [0.5, 0.6) is 0 Å². The van der Waals surface area contributed by atoms with Crippen molar-refractivity contribution in [2.75, 3.05) is 6.61 Å². The SMILES string of the molecule is [CH2]CCC1([SiH](C)C)CCCCO1. The number of hydrogen-bond donors (Lipinski definition) is 0. The van der Waals surface area contributed by atoms with Crippen molar-refractivity contribution in [2.24, 2.45) is 0 Å². The van der Waals surface area contributed by atoms with Crippen molar-refractivity contribution in [1.29, 1.82) is 0 Å². The molecule has 0 aliphatic carbocycles. The van der Waals surface area contributed by atoms with E-state index in [4.69, 9.17) is 4.74 Å². The second-order valence-electron chi connectivity index (χ2n) is 4.13. The molecule has 1 saturated heterocycles. The third-order valence-electron chi connectivity index (χ3n) is 3.04. The van der Waals surface area contributed by atoms with Gasteiger partial charge in [-0.05, 0) is 25.7 Å². The van der Waals surface area contributed by atoms with Crippen LogP contribution in [0, 0.1) is 6.92 Å².